The van der Waals surface area contributed by atoms with E-state index < -0.39 is 5.60 Å². The number of ether oxygens (including phenoxy) is 1. The van der Waals surface area contributed by atoms with E-state index in [4.69, 9.17) is 14.6 Å². The molecule has 0 aromatic carbocycles. The van der Waals surface area contributed by atoms with E-state index in [0.717, 1.165) is 44.2 Å². The highest BCUT2D eigenvalue weighted by Gasteiger charge is 2.35. The fraction of sp³-hybridized carbons (Fsp3) is 0.818. The minimum atomic E-state index is -0.563. The first-order valence-corrected chi connectivity index (χ1v) is 11.0. The lowest BCUT2D eigenvalue weighted by atomic mass is 9.94. The van der Waals surface area contributed by atoms with Crippen LogP contribution >= 0.6 is 0 Å². The molecule has 0 unspecified atom stereocenters. The molecular weight excluding hydrogens is 354 g/mol. The molecule has 2 rings (SSSR count). The molecule has 0 radical (unpaired) electrons. The second kappa shape index (κ2) is 10.7. The van der Waals surface area contributed by atoms with Gasteiger partial charge in [-0.1, -0.05) is 44.6 Å². The predicted molar refractivity (Wildman–Crippen MR) is 113 cm³/mol. The number of amidine groups is 1. The van der Waals surface area contributed by atoms with Gasteiger partial charge < -0.3 is 9.57 Å². The van der Waals surface area contributed by atoms with Crippen molar-refractivity contribution in [2.45, 2.75) is 117 Å². The summed E-state index contributed by atoms with van der Waals surface area (Å²) in [6.07, 6.45) is 12.6. The summed E-state index contributed by atoms with van der Waals surface area (Å²) in [4.78, 5) is 25.6. The molecular formula is C22H39N3O3. The second-order valence-electron chi connectivity index (χ2n) is 9.02. The van der Waals surface area contributed by atoms with Crippen LogP contribution in [0.5, 0.6) is 0 Å². The Morgan fingerprint density at radius 1 is 1.04 bits per heavy atom. The number of rotatable bonds is 4. The highest BCUT2D eigenvalue weighted by atomic mass is 16.7. The average molecular weight is 394 g/mol. The lowest BCUT2D eigenvalue weighted by Gasteiger charge is -2.35. The number of carbonyl (C=O) groups excluding carboxylic acids is 1. The summed E-state index contributed by atoms with van der Waals surface area (Å²) in [6, 6.07) is 0.623. The van der Waals surface area contributed by atoms with E-state index in [1.165, 1.54) is 25.7 Å². The monoisotopic (exact) mass is 393 g/mol. The van der Waals surface area contributed by atoms with Crippen LogP contribution in [-0.2, 0) is 9.57 Å². The molecule has 0 aromatic heterocycles. The molecule has 0 spiro atoms. The molecule has 6 heteroatoms. The maximum atomic E-state index is 13.2. The molecule has 2 aliphatic rings. The number of hydrogen-bond acceptors (Lipinski definition) is 5. The zero-order valence-corrected chi connectivity index (χ0v) is 18.4. The Balaban J connectivity index is 2.30. The van der Waals surface area contributed by atoms with Gasteiger partial charge in [-0.05, 0) is 60.3 Å². The molecule has 2 saturated carbocycles. The van der Waals surface area contributed by atoms with E-state index in [0.29, 0.717) is 6.02 Å². The van der Waals surface area contributed by atoms with Crippen LogP contribution in [0.4, 0.5) is 4.79 Å². The highest BCUT2D eigenvalue weighted by Crippen LogP contribution is 2.27. The molecule has 0 aromatic rings. The fourth-order valence-corrected chi connectivity index (χ4v) is 3.72. The van der Waals surface area contributed by atoms with Gasteiger partial charge in [0.25, 0.3) is 0 Å². The molecule has 0 aliphatic heterocycles. The van der Waals surface area contributed by atoms with Crippen molar-refractivity contribution in [1.82, 2.24) is 10.4 Å². The van der Waals surface area contributed by atoms with Crippen molar-refractivity contribution in [1.29, 1.82) is 0 Å². The third-order valence-corrected chi connectivity index (χ3v) is 5.34. The van der Waals surface area contributed by atoms with Gasteiger partial charge in [-0.2, -0.15) is 0 Å². The van der Waals surface area contributed by atoms with Crippen molar-refractivity contribution in [2.75, 3.05) is 0 Å². The molecule has 2 fully saturated rings. The van der Waals surface area contributed by atoms with Crippen molar-refractivity contribution in [3.8, 4) is 0 Å². The number of nitrogens with one attached hydrogen (secondary N) is 1. The number of amides is 1. The van der Waals surface area contributed by atoms with E-state index >= 15 is 0 Å². The van der Waals surface area contributed by atoms with E-state index in [-0.39, 0.29) is 18.2 Å². The summed E-state index contributed by atoms with van der Waals surface area (Å²) < 4.78 is 5.74. The van der Waals surface area contributed by atoms with Crippen LogP contribution in [0.25, 0.3) is 0 Å². The lowest BCUT2D eigenvalue weighted by molar-refractivity contribution is 0.0195. The standard InChI is InChI=1S/C22H39N3O3/c1-6-17(2)24-28-20(23-18-13-9-7-10-14-18)25(19-15-11-8-12-16-19)21(26)27-22(3,4)5/h6,18-19,24H,7-16H2,1-5H3/b17-6+,23-20?. The number of carbonyl (C=O) groups is 1. The first-order chi connectivity index (χ1) is 13.3. The van der Waals surface area contributed by atoms with Crippen LogP contribution in [0.2, 0.25) is 0 Å². The average Bonchev–Trinajstić information content (AvgIpc) is 2.66. The number of nitrogens with zero attached hydrogens (tertiary/aromatic N) is 2. The molecule has 0 atom stereocenters. The second-order valence-corrected chi connectivity index (χ2v) is 9.02. The van der Waals surface area contributed by atoms with Crippen molar-refractivity contribution in [3.63, 3.8) is 0 Å². The van der Waals surface area contributed by atoms with Crippen LogP contribution in [0.15, 0.2) is 16.8 Å². The van der Waals surface area contributed by atoms with E-state index in [2.05, 4.69) is 5.48 Å². The third kappa shape index (κ3) is 7.36. The number of hydrogen-bond donors (Lipinski definition) is 1. The molecule has 160 valence electrons. The lowest BCUT2D eigenvalue weighted by Crippen LogP contribution is -2.50. The Kier molecular flexibility index (Phi) is 8.64. The van der Waals surface area contributed by atoms with Crippen LogP contribution in [0.1, 0.15) is 98.8 Å². The SMILES string of the molecule is C/C=C(\C)NOC(=NC1CCCCC1)N(C(=O)OC(C)(C)C)C1CCCCC1. The van der Waals surface area contributed by atoms with Gasteiger partial charge in [0.2, 0.25) is 0 Å². The van der Waals surface area contributed by atoms with E-state index in [9.17, 15) is 4.79 Å². The van der Waals surface area contributed by atoms with E-state index in [1.807, 2.05) is 40.7 Å². The summed E-state index contributed by atoms with van der Waals surface area (Å²) >= 11 is 0. The minimum Gasteiger partial charge on any atom is -0.443 e. The molecule has 6 nitrogen and oxygen atoms in total. The quantitative estimate of drug-likeness (QED) is 0.378. The Labute approximate surface area is 170 Å². The van der Waals surface area contributed by atoms with Crippen LogP contribution < -0.4 is 5.48 Å². The Morgan fingerprint density at radius 2 is 1.61 bits per heavy atom. The van der Waals surface area contributed by atoms with Gasteiger partial charge in [0.1, 0.15) is 5.60 Å². The molecule has 1 N–H and O–H groups in total. The Bertz CT molecular complexity index is 554. The molecule has 2 aliphatic carbocycles. The first-order valence-electron chi connectivity index (χ1n) is 11.0. The Hall–Kier alpha value is -1.72. The minimum absolute atomic E-state index is 0.0682. The number of hydroxylamine groups is 1. The summed E-state index contributed by atoms with van der Waals surface area (Å²) in [6.45, 7) is 9.55. The molecule has 28 heavy (non-hydrogen) atoms. The maximum absolute atomic E-state index is 13.2. The molecule has 0 saturated heterocycles. The van der Waals surface area contributed by atoms with Gasteiger partial charge in [-0.15, -0.1) is 0 Å². The zero-order chi connectivity index (χ0) is 20.6. The van der Waals surface area contributed by atoms with Gasteiger partial charge in [0.15, 0.2) is 0 Å². The topological polar surface area (TPSA) is 63.2 Å². The van der Waals surface area contributed by atoms with Crippen molar-refractivity contribution >= 4 is 12.1 Å². The van der Waals surface area contributed by atoms with Gasteiger partial charge in [0.05, 0.1) is 6.04 Å². The largest absolute Gasteiger partial charge is 0.443 e. The van der Waals surface area contributed by atoms with E-state index in [1.54, 1.807) is 4.90 Å². The summed E-state index contributed by atoms with van der Waals surface area (Å²) in [5.41, 5.74) is 3.26. The molecule has 0 heterocycles. The smallest absolute Gasteiger partial charge is 0.418 e. The van der Waals surface area contributed by atoms with Gasteiger partial charge in [-0.3, -0.25) is 0 Å². The van der Waals surface area contributed by atoms with Gasteiger partial charge >= 0.3 is 12.1 Å². The van der Waals surface area contributed by atoms with Crippen molar-refractivity contribution in [3.05, 3.63) is 11.8 Å². The van der Waals surface area contributed by atoms with Crippen LogP contribution in [0.3, 0.4) is 0 Å². The van der Waals surface area contributed by atoms with Crippen LogP contribution in [-0.4, -0.2) is 34.7 Å². The summed E-state index contributed by atoms with van der Waals surface area (Å²) in [5.74, 6) is 0. The molecule has 1 amide bonds. The van der Waals surface area contributed by atoms with Crippen LogP contribution in [0, 0.1) is 0 Å². The first kappa shape index (κ1) is 22.6. The normalized spacial score (nSPS) is 20.6. The van der Waals surface area contributed by atoms with Crippen molar-refractivity contribution < 1.29 is 14.4 Å². The summed E-state index contributed by atoms with van der Waals surface area (Å²) in [5, 5.41) is 0. The summed E-state index contributed by atoms with van der Waals surface area (Å²) in [7, 11) is 0. The van der Waals surface area contributed by atoms with Gasteiger partial charge in [0, 0.05) is 11.7 Å². The van der Waals surface area contributed by atoms with Crippen molar-refractivity contribution in [2.24, 2.45) is 4.99 Å². The number of aliphatic imine (C=N–C) groups is 1. The number of allylic oxidation sites excluding steroid dienone is 2. The predicted octanol–water partition coefficient (Wildman–Crippen LogP) is 5.69. The third-order valence-electron chi connectivity index (χ3n) is 5.34. The zero-order valence-electron chi connectivity index (χ0n) is 18.4. The fourth-order valence-electron chi connectivity index (χ4n) is 3.72. The molecule has 0 bridgehead atoms. The van der Waals surface area contributed by atoms with Gasteiger partial charge in [-0.25, -0.2) is 20.2 Å². The maximum Gasteiger partial charge on any atom is 0.418 e. The highest BCUT2D eigenvalue weighted by molar-refractivity contribution is 5.91. The Morgan fingerprint density at radius 3 is 2.14 bits per heavy atom.